The lowest BCUT2D eigenvalue weighted by Crippen LogP contribution is -2.18. The normalized spacial score (nSPS) is 11.4. The number of aryl methyl sites for hydroxylation is 1. The molecule has 0 atom stereocenters. The number of hydrogen-bond donors (Lipinski definition) is 1. The lowest BCUT2D eigenvalue weighted by Gasteiger charge is -2.14. The summed E-state index contributed by atoms with van der Waals surface area (Å²) in [5.74, 6) is -3.79. The minimum atomic E-state index is -3.19. The van der Waals surface area contributed by atoms with Crippen molar-refractivity contribution in [2.45, 2.75) is 19.8 Å². The molecular formula is C19H15BrF2N2OS. The molecule has 0 bridgehead atoms. The highest BCUT2D eigenvalue weighted by Crippen LogP contribution is 2.37. The van der Waals surface area contributed by atoms with Crippen molar-refractivity contribution in [1.82, 2.24) is 4.98 Å². The van der Waals surface area contributed by atoms with Crippen LogP contribution in [0, 0.1) is 6.92 Å². The van der Waals surface area contributed by atoms with Crippen molar-refractivity contribution in [3.05, 3.63) is 68.6 Å². The average Bonchev–Trinajstić information content (AvgIpc) is 3.00. The second kappa shape index (κ2) is 7.25. The molecule has 26 heavy (non-hydrogen) atoms. The fourth-order valence-electron chi connectivity index (χ4n) is 2.56. The lowest BCUT2D eigenvalue weighted by molar-refractivity contribution is 0.0124. The number of para-hydroxylation sites is 1. The maximum atomic E-state index is 13.8. The van der Waals surface area contributed by atoms with E-state index in [0.29, 0.717) is 15.2 Å². The molecule has 3 nitrogen and oxygen atoms in total. The number of carbonyl (C=O) groups is 1. The Bertz CT molecular complexity index is 952. The molecule has 7 heteroatoms. The van der Waals surface area contributed by atoms with E-state index in [1.807, 2.05) is 42.5 Å². The highest BCUT2D eigenvalue weighted by atomic mass is 79.9. The van der Waals surface area contributed by atoms with Crippen molar-refractivity contribution < 1.29 is 13.6 Å². The van der Waals surface area contributed by atoms with Crippen LogP contribution < -0.4 is 5.32 Å². The zero-order valence-corrected chi connectivity index (χ0v) is 16.4. The topological polar surface area (TPSA) is 42.0 Å². The fraction of sp³-hybridized carbons (Fsp3) is 0.158. The monoisotopic (exact) mass is 436 g/mol. The number of aromatic nitrogens is 1. The molecule has 0 fully saturated rings. The van der Waals surface area contributed by atoms with E-state index in [2.05, 4.69) is 26.2 Å². The Hall–Kier alpha value is -2.12. The molecule has 0 aliphatic carbocycles. The van der Waals surface area contributed by atoms with Gasteiger partial charge >= 0.3 is 0 Å². The number of hydrogen-bond acceptors (Lipinski definition) is 3. The van der Waals surface area contributed by atoms with Gasteiger partial charge in [-0.1, -0.05) is 42.5 Å². The van der Waals surface area contributed by atoms with Crippen molar-refractivity contribution in [3.63, 3.8) is 0 Å². The van der Waals surface area contributed by atoms with E-state index in [9.17, 15) is 13.6 Å². The standard InChI is InChI=1S/C19H15BrF2N2OS/c1-11-23-17(19(2,21)22)16(26-11)18(25)24-15-13(9-6-10-14(15)20)12-7-4-3-5-8-12/h3-10H,1-2H3,(H,24,25). The number of nitrogens with one attached hydrogen (secondary N) is 1. The third kappa shape index (κ3) is 3.83. The van der Waals surface area contributed by atoms with E-state index >= 15 is 0 Å². The molecule has 3 aromatic rings. The third-order valence-corrected chi connectivity index (χ3v) is 5.32. The molecule has 2 aromatic carbocycles. The zero-order chi connectivity index (χ0) is 18.9. The summed E-state index contributed by atoms with van der Waals surface area (Å²) in [6, 6.07) is 15.0. The SMILES string of the molecule is Cc1nc(C(C)(F)F)c(C(=O)Nc2c(Br)cccc2-c2ccccc2)s1. The van der Waals surface area contributed by atoms with E-state index in [0.717, 1.165) is 29.4 Å². The maximum absolute atomic E-state index is 13.8. The summed E-state index contributed by atoms with van der Waals surface area (Å²) in [4.78, 5) is 16.5. The number of thiazole rings is 1. The van der Waals surface area contributed by atoms with E-state index in [4.69, 9.17) is 0 Å². The second-order valence-corrected chi connectivity index (χ2v) is 7.84. The van der Waals surface area contributed by atoms with Gasteiger partial charge < -0.3 is 5.32 Å². The smallest absolute Gasteiger partial charge is 0.288 e. The van der Waals surface area contributed by atoms with Gasteiger partial charge in [0.1, 0.15) is 10.6 Å². The number of rotatable bonds is 4. The zero-order valence-electron chi connectivity index (χ0n) is 14.0. The molecule has 3 rings (SSSR count). The molecule has 1 aromatic heterocycles. The van der Waals surface area contributed by atoms with Gasteiger partial charge in [-0.15, -0.1) is 11.3 Å². The summed E-state index contributed by atoms with van der Waals surface area (Å²) in [5, 5.41) is 3.19. The molecule has 134 valence electrons. The van der Waals surface area contributed by atoms with Gasteiger partial charge in [0, 0.05) is 17.0 Å². The number of halogens is 3. The largest absolute Gasteiger partial charge is 0.320 e. The van der Waals surface area contributed by atoms with Crippen LogP contribution in [0.1, 0.15) is 27.3 Å². The van der Waals surface area contributed by atoms with Crippen LogP contribution in [-0.4, -0.2) is 10.9 Å². The number of amides is 1. The van der Waals surface area contributed by atoms with Gasteiger partial charge in [-0.2, -0.15) is 8.78 Å². The summed E-state index contributed by atoms with van der Waals surface area (Å²) >= 11 is 4.39. The molecular weight excluding hydrogens is 422 g/mol. The van der Waals surface area contributed by atoms with Gasteiger partial charge in [-0.05, 0) is 34.5 Å². The first-order valence-electron chi connectivity index (χ1n) is 7.78. The van der Waals surface area contributed by atoms with Crippen molar-refractivity contribution in [2.75, 3.05) is 5.32 Å². The lowest BCUT2D eigenvalue weighted by atomic mass is 10.0. The van der Waals surface area contributed by atoms with Gasteiger partial charge in [0.2, 0.25) is 0 Å². The van der Waals surface area contributed by atoms with Crippen LogP contribution in [0.15, 0.2) is 53.0 Å². The fourth-order valence-corrected chi connectivity index (χ4v) is 3.92. The van der Waals surface area contributed by atoms with E-state index in [1.54, 1.807) is 13.0 Å². The van der Waals surface area contributed by atoms with Crippen molar-refractivity contribution >= 4 is 38.9 Å². The van der Waals surface area contributed by atoms with Crippen LogP contribution in [0.3, 0.4) is 0 Å². The highest BCUT2D eigenvalue weighted by Gasteiger charge is 2.34. The molecule has 0 unspecified atom stereocenters. The Kier molecular flexibility index (Phi) is 5.20. The van der Waals surface area contributed by atoms with Gasteiger partial charge in [-0.25, -0.2) is 4.98 Å². The summed E-state index contributed by atoms with van der Waals surface area (Å²) in [6.07, 6.45) is 0. The number of anilines is 1. The Morgan fingerprint density at radius 3 is 2.50 bits per heavy atom. The van der Waals surface area contributed by atoms with E-state index in [-0.39, 0.29) is 4.88 Å². The third-order valence-electron chi connectivity index (χ3n) is 3.69. The van der Waals surface area contributed by atoms with Gasteiger partial charge in [0.05, 0.1) is 10.7 Å². The Morgan fingerprint density at radius 1 is 1.15 bits per heavy atom. The molecule has 1 heterocycles. The Morgan fingerprint density at radius 2 is 1.85 bits per heavy atom. The van der Waals surface area contributed by atoms with Gasteiger partial charge in [-0.3, -0.25) is 4.79 Å². The number of alkyl halides is 2. The van der Waals surface area contributed by atoms with Crippen molar-refractivity contribution in [3.8, 4) is 11.1 Å². The quantitative estimate of drug-likeness (QED) is 0.525. The Balaban J connectivity index is 2.02. The average molecular weight is 437 g/mol. The van der Waals surface area contributed by atoms with Gasteiger partial charge in [0.15, 0.2) is 0 Å². The summed E-state index contributed by atoms with van der Waals surface area (Å²) in [6.45, 7) is 2.34. The van der Waals surface area contributed by atoms with Crippen molar-refractivity contribution in [1.29, 1.82) is 0 Å². The molecule has 0 radical (unpaired) electrons. The predicted octanol–water partition coefficient (Wildman–Crippen LogP) is 6.25. The van der Waals surface area contributed by atoms with E-state index in [1.165, 1.54) is 0 Å². The van der Waals surface area contributed by atoms with Crippen LogP contribution in [0.2, 0.25) is 0 Å². The molecule has 0 aliphatic rings. The highest BCUT2D eigenvalue weighted by molar-refractivity contribution is 9.10. The number of benzene rings is 2. The summed E-state index contributed by atoms with van der Waals surface area (Å²) < 4.78 is 28.3. The minimum Gasteiger partial charge on any atom is -0.320 e. The second-order valence-electron chi connectivity index (χ2n) is 5.78. The minimum absolute atomic E-state index is 0.0789. The van der Waals surface area contributed by atoms with Crippen LogP contribution >= 0.6 is 27.3 Å². The Labute approximate surface area is 162 Å². The molecule has 0 saturated carbocycles. The summed E-state index contributed by atoms with van der Waals surface area (Å²) in [7, 11) is 0. The van der Waals surface area contributed by atoms with E-state index < -0.39 is 17.5 Å². The molecule has 1 N–H and O–H groups in total. The molecule has 1 amide bonds. The molecule has 0 spiro atoms. The van der Waals surface area contributed by atoms with Crippen molar-refractivity contribution in [2.24, 2.45) is 0 Å². The predicted molar refractivity (Wildman–Crippen MR) is 104 cm³/mol. The van der Waals surface area contributed by atoms with Crippen LogP contribution in [0.4, 0.5) is 14.5 Å². The molecule has 0 saturated heterocycles. The van der Waals surface area contributed by atoms with Crippen LogP contribution in [0.25, 0.3) is 11.1 Å². The first-order valence-corrected chi connectivity index (χ1v) is 9.39. The first-order chi connectivity index (χ1) is 12.3. The summed E-state index contributed by atoms with van der Waals surface area (Å²) in [5.41, 5.74) is 1.73. The molecule has 0 aliphatic heterocycles. The van der Waals surface area contributed by atoms with Gasteiger partial charge in [0.25, 0.3) is 11.8 Å². The van der Waals surface area contributed by atoms with Crippen LogP contribution in [0.5, 0.6) is 0 Å². The first kappa shape index (κ1) is 18.7. The number of carbonyl (C=O) groups excluding carboxylic acids is 1. The number of nitrogens with zero attached hydrogens (tertiary/aromatic N) is 1. The maximum Gasteiger partial charge on any atom is 0.288 e. The van der Waals surface area contributed by atoms with Crippen LogP contribution in [-0.2, 0) is 5.92 Å².